The van der Waals surface area contributed by atoms with Crippen molar-refractivity contribution in [3.63, 3.8) is 0 Å². The topological polar surface area (TPSA) is 106 Å². The lowest BCUT2D eigenvalue weighted by Gasteiger charge is -2.40. The van der Waals surface area contributed by atoms with Crippen LogP contribution in [0, 0.1) is 0 Å². The van der Waals surface area contributed by atoms with Gasteiger partial charge >= 0.3 is 6.01 Å². The number of methoxy groups -OCH3 is 1. The van der Waals surface area contributed by atoms with Gasteiger partial charge in [-0.05, 0) is 48.6 Å². The number of nitrogens with one attached hydrogen (secondary N) is 2. The van der Waals surface area contributed by atoms with E-state index in [0.717, 1.165) is 36.0 Å². The molecule has 0 spiro atoms. The van der Waals surface area contributed by atoms with Gasteiger partial charge in [0.25, 0.3) is 5.91 Å². The predicted molar refractivity (Wildman–Crippen MR) is 120 cm³/mol. The van der Waals surface area contributed by atoms with Crippen molar-refractivity contribution in [2.45, 2.75) is 31.6 Å². The van der Waals surface area contributed by atoms with Gasteiger partial charge in [0.1, 0.15) is 5.69 Å². The van der Waals surface area contributed by atoms with Crippen LogP contribution < -0.4 is 15.4 Å². The molecule has 0 unspecified atom stereocenters. The fraction of sp³-hybridized carbons (Fsp3) is 0.292. The van der Waals surface area contributed by atoms with Gasteiger partial charge in [-0.25, -0.2) is 9.97 Å². The first-order valence-electron chi connectivity index (χ1n) is 10.6. The SMILES string of the molecule is CCNC(=O)c1cc(-c2ccc(C3(C(=O)Nc4cnc(OC)nc4)CCC3)cc2)ccn1. The molecule has 1 aliphatic rings. The minimum Gasteiger partial charge on any atom is -0.467 e. The van der Waals surface area contributed by atoms with E-state index in [1.54, 1.807) is 12.3 Å². The number of pyridine rings is 1. The molecule has 1 aromatic carbocycles. The summed E-state index contributed by atoms with van der Waals surface area (Å²) in [6.45, 7) is 2.42. The molecular formula is C24H25N5O3. The van der Waals surface area contributed by atoms with Gasteiger partial charge in [0.05, 0.1) is 30.6 Å². The Balaban J connectivity index is 1.53. The van der Waals surface area contributed by atoms with E-state index in [1.807, 2.05) is 37.3 Å². The second-order valence-corrected chi connectivity index (χ2v) is 7.71. The number of hydrogen-bond acceptors (Lipinski definition) is 6. The summed E-state index contributed by atoms with van der Waals surface area (Å²) in [5, 5.41) is 5.70. The highest BCUT2D eigenvalue weighted by Crippen LogP contribution is 2.45. The van der Waals surface area contributed by atoms with Crippen LogP contribution in [-0.2, 0) is 10.2 Å². The first kappa shape index (κ1) is 21.4. The minimum atomic E-state index is -0.567. The maximum atomic E-state index is 13.2. The monoisotopic (exact) mass is 431 g/mol. The van der Waals surface area contributed by atoms with Crippen molar-refractivity contribution in [1.82, 2.24) is 20.3 Å². The van der Waals surface area contributed by atoms with Crippen molar-refractivity contribution in [3.05, 3.63) is 66.2 Å². The van der Waals surface area contributed by atoms with Crippen LogP contribution >= 0.6 is 0 Å². The lowest BCUT2D eigenvalue weighted by Crippen LogP contribution is -2.46. The minimum absolute atomic E-state index is 0.0623. The third-order valence-corrected chi connectivity index (χ3v) is 5.81. The second kappa shape index (κ2) is 9.13. The maximum absolute atomic E-state index is 13.2. The zero-order chi connectivity index (χ0) is 22.6. The Morgan fingerprint density at radius 3 is 2.34 bits per heavy atom. The summed E-state index contributed by atoms with van der Waals surface area (Å²) in [5.74, 6) is -0.258. The van der Waals surface area contributed by atoms with Crippen LogP contribution in [0.15, 0.2) is 55.0 Å². The number of ether oxygens (including phenoxy) is 1. The van der Waals surface area contributed by atoms with Gasteiger partial charge in [-0.3, -0.25) is 14.6 Å². The number of rotatable bonds is 7. The molecule has 8 heteroatoms. The van der Waals surface area contributed by atoms with Gasteiger partial charge in [-0.15, -0.1) is 0 Å². The van der Waals surface area contributed by atoms with E-state index in [-0.39, 0.29) is 17.8 Å². The molecular weight excluding hydrogens is 406 g/mol. The van der Waals surface area contributed by atoms with E-state index in [1.165, 1.54) is 19.5 Å². The van der Waals surface area contributed by atoms with Crippen LogP contribution in [0.4, 0.5) is 5.69 Å². The Morgan fingerprint density at radius 2 is 1.75 bits per heavy atom. The predicted octanol–water partition coefficient (Wildman–Crippen LogP) is 3.36. The summed E-state index contributed by atoms with van der Waals surface area (Å²) in [6, 6.07) is 11.8. The maximum Gasteiger partial charge on any atom is 0.316 e. The number of hydrogen-bond donors (Lipinski definition) is 2. The van der Waals surface area contributed by atoms with Crippen LogP contribution in [0.2, 0.25) is 0 Å². The number of amides is 2. The molecule has 0 atom stereocenters. The average molecular weight is 431 g/mol. The first-order chi connectivity index (χ1) is 15.6. The van der Waals surface area contributed by atoms with E-state index in [4.69, 9.17) is 4.74 Å². The van der Waals surface area contributed by atoms with Gasteiger partial charge in [0.15, 0.2) is 0 Å². The van der Waals surface area contributed by atoms with Crippen LogP contribution in [0.5, 0.6) is 6.01 Å². The van der Waals surface area contributed by atoms with Crippen LogP contribution in [-0.4, -0.2) is 40.4 Å². The highest BCUT2D eigenvalue weighted by Gasteiger charge is 2.45. The van der Waals surface area contributed by atoms with Crippen molar-refractivity contribution >= 4 is 17.5 Å². The molecule has 2 N–H and O–H groups in total. The molecule has 2 aromatic heterocycles. The quantitative estimate of drug-likeness (QED) is 0.594. The van der Waals surface area contributed by atoms with Crippen LogP contribution in [0.1, 0.15) is 42.2 Å². The number of benzene rings is 1. The summed E-state index contributed by atoms with van der Waals surface area (Å²) < 4.78 is 4.96. The lowest BCUT2D eigenvalue weighted by molar-refractivity contribution is -0.124. The van der Waals surface area contributed by atoms with Gasteiger partial charge < -0.3 is 15.4 Å². The van der Waals surface area contributed by atoms with Crippen LogP contribution in [0.3, 0.4) is 0 Å². The largest absolute Gasteiger partial charge is 0.467 e. The smallest absolute Gasteiger partial charge is 0.316 e. The highest BCUT2D eigenvalue weighted by molar-refractivity contribution is 6.00. The molecule has 0 bridgehead atoms. The third-order valence-electron chi connectivity index (χ3n) is 5.81. The molecule has 3 aromatic rings. The Labute approximate surface area is 186 Å². The van der Waals surface area contributed by atoms with Gasteiger partial charge in [-0.2, -0.15) is 0 Å². The summed E-state index contributed by atoms with van der Waals surface area (Å²) in [7, 11) is 1.49. The Kier molecular flexibility index (Phi) is 6.11. The van der Waals surface area contributed by atoms with Crippen molar-refractivity contribution in [2.75, 3.05) is 19.0 Å². The molecule has 1 aliphatic carbocycles. The fourth-order valence-corrected chi connectivity index (χ4v) is 3.88. The summed E-state index contributed by atoms with van der Waals surface area (Å²) in [6.07, 6.45) is 7.27. The Morgan fingerprint density at radius 1 is 1.03 bits per heavy atom. The molecule has 8 nitrogen and oxygen atoms in total. The van der Waals surface area contributed by atoms with Gasteiger partial charge in [-0.1, -0.05) is 30.7 Å². The zero-order valence-electron chi connectivity index (χ0n) is 18.1. The van der Waals surface area contributed by atoms with Crippen molar-refractivity contribution < 1.29 is 14.3 Å². The Bertz CT molecular complexity index is 1110. The molecule has 164 valence electrons. The highest BCUT2D eigenvalue weighted by atomic mass is 16.5. The average Bonchev–Trinajstić information content (AvgIpc) is 2.79. The van der Waals surface area contributed by atoms with E-state index in [2.05, 4.69) is 25.6 Å². The first-order valence-corrected chi connectivity index (χ1v) is 10.6. The summed E-state index contributed by atoms with van der Waals surface area (Å²) in [4.78, 5) is 37.5. The number of anilines is 1. The van der Waals surface area contributed by atoms with Crippen molar-refractivity contribution in [1.29, 1.82) is 0 Å². The number of nitrogens with zero attached hydrogens (tertiary/aromatic N) is 3. The summed E-state index contributed by atoms with van der Waals surface area (Å²) >= 11 is 0. The van der Waals surface area contributed by atoms with E-state index < -0.39 is 5.41 Å². The summed E-state index contributed by atoms with van der Waals surface area (Å²) in [5.41, 5.74) is 3.18. The lowest BCUT2D eigenvalue weighted by atomic mass is 9.63. The molecule has 2 amide bonds. The molecule has 2 heterocycles. The molecule has 0 aliphatic heterocycles. The zero-order valence-corrected chi connectivity index (χ0v) is 18.1. The van der Waals surface area contributed by atoms with E-state index >= 15 is 0 Å². The molecule has 1 saturated carbocycles. The standard InChI is InChI=1S/C24H25N5O3/c1-3-25-21(30)20-13-17(9-12-26-20)16-5-7-18(8-6-16)24(10-4-11-24)22(31)29-19-14-27-23(32-2)28-15-19/h5-9,12-15H,3-4,10-11H2,1-2H3,(H,25,30)(H,29,31). The molecule has 0 radical (unpaired) electrons. The molecule has 1 fully saturated rings. The number of carbonyl (C=O) groups is 2. The molecule has 0 saturated heterocycles. The van der Waals surface area contributed by atoms with Crippen molar-refractivity contribution in [2.24, 2.45) is 0 Å². The van der Waals surface area contributed by atoms with E-state index in [0.29, 0.717) is 17.9 Å². The number of aromatic nitrogens is 3. The van der Waals surface area contributed by atoms with Gasteiger partial charge in [0.2, 0.25) is 5.91 Å². The van der Waals surface area contributed by atoms with Gasteiger partial charge in [0, 0.05) is 12.7 Å². The normalized spacial score (nSPS) is 14.2. The molecule has 4 rings (SSSR count). The second-order valence-electron chi connectivity index (χ2n) is 7.71. The molecule has 32 heavy (non-hydrogen) atoms. The van der Waals surface area contributed by atoms with Crippen LogP contribution in [0.25, 0.3) is 11.1 Å². The van der Waals surface area contributed by atoms with E-state index in [9.17, 15) is 9.59 Å². The fourth-order valence-electron chi connectivity index (χ4n) is 3.88. The Hall–Kier alpha value is -3.81. The third kappa shape index (κ3) is 4.16. The number of carbonyl (C=O) groups excluding carboxylic acids is 2. The van der Waals surface area contributed by atoms with Crippen molar-refractivity contribution in [3.8, 4) is 17.1 Å².